The van der Waals surface area contributed by atoms with Gasteiger partial charge in [-0.2, -0.15) is 0 Å². The average Bonchev–Trinajstić information content (AvgIpc) is 2.42. The second-order valence-electron chi connectivity index (χ2n) is 4.64. The number of rotatable bonds is 7. The molecule has 6 heteroatoms. The molecule has 0 saturated heterocycles. The molecule has 0 radical (unpaired) electrons. The Hall–Kier alpha value is -1.66. The number of aromatic nitrogens is 1. The first-order valence-corrected chi connectivity index (χ1v) is 6.47. The van der Waals surface area contributed by atoms with Gasteiger partial charge in [0.15, 0.2) is 0 Å². The summed E-state index contributed by atoms with van der Waals surface area (Å²) in [6.45, 7) is 3.60. The zero-order valence-corrected chi connectivity index (χ0v) is 11.9. The molecule has 0 aliphatic carbocycles. The van der Waals surface area contributed by atoms with E-state index in [1.807, 2.05) is 21.0 Å². The second-order valence-corrected chi connectivity index (χ2v) is 4.64. The van der Waals surface area contributed by atoms with Crippen LogP contribution in [0.15, 0.2) is 12.1 Å². The molecule has 0 aromatic carbocycles. The van der Waals surface area contributed by atoms with Gasteiger partial charge in [-0.1, -0.05) is 6.92 Å². The van der Waals surface area contributed by atoms with Crippen molar-refractivity contribution in [1.82, 2.24) is 15.2 Å². The minimum Gasteiger partial charge on any atom is -0.352 e. The van der Waals surface area contributed by atoms with Crippen molar-refractivity contribution >= 4 is 11.7 Å². The SMILES string of the molecule is CCc1cc(C(=O)NCCCN(C)C)cc(NN)n1. The molecule has 0 atom stereocenters. The summed E-state index contributed by atoms with van der Waals surface area (Å²) >= 11 is 0. The number of hydrogen-bond acceptors (Lipinski definition) is 5. The molecule has 1 rings (SSSR count). The molecule has 0 unspecified atom stereocenters. The van der Waals surface area contributed by atoms with Crippen LogP contribution in [0.4, 0.5) is 5.82 Å². The van der Waals surface area contributed by atoms with Crippen LogP contribution < -0.4 is 16.6 Å². The predicted molar refractivity (Wildman–Crippen MR) is 76.9 cm³/mol. The highest BCUT2D eigenvalue weighted by Crippen LogP contribution is 2.10. The molecule has 0 aliphatic heterocycles. The van der Waals surface area contributed by atoms with Crippen LogP contribution in [0.5, 0.6) is 0 Å². The van der Waals surface area contributed by atoms with Crippen LogP contribution >= 0.6 is 0 Å². The summed E-state index contributed by atoms with van der Waals surface area (Å²) in [5, 5.41) is 2.89. The summed E-state index contributed by atoms with van der Waals surface area (Å²) in [6, 6.07) is 3.45. The number of nitrogens with one attached hydrogen (secondary N) is 2. The van der Waals surface area contributed by atoms with Gasteiger partial charge in [-0.25, -0.2) is 10.8 Å². The summed E-state index contributed by atoms with van der Waals surface area (Å²) in [4.78, 5) is 18.3. The summed E-state index contributed by atoms with van der Waals surface area (Å²) in [5.74, 6) is 5.77. The first kappa shape index (κ1) is 15.4. The Morgan fingerprint density at radius 1 is 1.42 bits per heavy atom. The lowest BCUT2D eigenvalue weighted by Crippen LogP contribution is -2.27. The van der Waals surface area contributed by atoms with Gasteiger partial charge in [0, 0.05) is 17.8 Å². The molecular formula is C13H23N5O. The lowest BCUT2D eigenvalue weighted by atomic mass is 10.2. The third-order valence-corrected chi connectivity index (χ3v) is 2.72. The third-order valence-electron chi connectivity index (χ3n) is 2.72. The molecule has 19 heavy (non-hydrogen) atoms. The molecular weight excluding hydrogens is 242 g/mol. The van der Waals surface area contributed by atoms with E-state index in [2.05, 4.69) is 20.6 Å². The Balaban J connectivity index is 2.60. The number of aryl methyl sites for hydroxylation is 1. The smallest absolute Gasteiger partial charge is 0.251 e. The number of anilines is 1. The Bertz CT molecular complexity index is 397. The van der Waals surface area contributed by atoms with E-state index in [1.165, 1.54) is 0 Å². The van der Waals surface area contributed by atoms with Crippen LogP contribution in [0.25, 0.3) is 0 Å². The fourth-order valence-electron chi connectivity index (χ4n) is 1.67. The van der Waals surface area contributed by atoms with Gasteiger partial charge in [0.2, 0.25) is 0 Å². The standard InChI is InChI=1S/C13H23N5O/c1-4-11-8-10(9-12(16-11)17-14)13(19)15-6-5-7-18(2)3/h8-9H,4-7,14H2,1-3H3,(H,15,19)(H,16,17). The largest absolute Gasteiger partial charge is 0.352 e. The van der Waals surface area contributed by atoms with Crippen molar-refractivity contribution in [2.24, 2.45) is 5.84 Å². The fraction of sp³-hybridized carbons (Fsp3) is 0.538. The van der Waals surface area contributed by atoms with Crippen LogP contribution in [0.1, 0.15) is 29.4 Å². The monoisotopic (exact) mass is 265 g/mol. The number of pyridine rings is 1. The topological polar surface area (TPSA) is 83.3 Å². The normalized spacial score (nSPS) is 10.6. The van der Waals surface area contributed by atoms with E-state index < -0.39 is 0 Å². The molecule has 106 valence electrons. The van der Waals surface area contributed by atoms with Gasteiger partial charge in [0.05, 0.1) is 0 Å². The van der Waals surface area contributed by atoms with Gasteiger partial charge in [-0.15, -0.1) is 0 Å². The van der Waals surface area contributed by atoms with E-state index in [9.17, 15) is 4.79 Å². The predicted octanol–water partition coefficient (Wildman–Crippen LogP) is 0.611. The van der Waals surface area contributed by atoms with E-state index in [0.29, 0.717) is 17.9 Å². The Labute approximate surface area is 114 Å². The maximum absolute atomic E-state index is 12.0. The molecule has 1 heterocycles. The lowest BCUT2D eigenvalue weighted by Gasteiger charge is -2.11. The number of nitrogens with zero attached hydrogens (tertiary/aromatic N) is 2. The Morgan fingerprint density at radius 2 is 2.16 bits per heavy atom. The Morgan fingerprint density at radius 3 is 2.74 bits per heavy atom. The number of carbonyl (C=O) groups is 1. The Kier molecular flexibility index (Phi) is 6.24. The van der Waals surface area contributed by atoms with Crippen molar-refractivity contribution in [3.05, 3.63) is 23.4 Å². The highest BCUT2D eigenvalue weighted by Gasteiger charge is 2.08. The van der Waals surface area contributed by atoms with E-state index in [4.69, 9.17) is 5.84 Å². The minimum atomic E-state index is -0.0904. The van der Waals surface area contributed by atoms with Crippen molar-refractivity contribution in [1.29, 1.82) is 0 Å². The maximum atomic E-state index is 12.0. The van der Waals surface area contributed by atoms with Gasteiger partial charge in [0.1, 0.15) is 5.82 Å². The molecule has 1 amide bonds. The van der Waals surface area contributed by atoms with Crippen LogP contribution in [-0.2, 0) is 6.42 Å². The van der Waals surface area contributed by atoms with Gasteiger partial charge >= 0.3 is 0 Å². The molecule has 1 aromatic rings. The summed E-state index contributed by atoms with van der Waals surface area (Å²) < 4.78 is 0. The second kappa shape index (κ2) is 7.70. The molecule has 6 nitrogen and oxygen atoms in total. The van der Waals surface area contributed by atoms with Crippen molar-refractivity contribution in [2.75, 3.05) is 32.6 Å². The van der Waals surface area contributed by atoms with E-state index in [0.717, 1.165) is 25.1 Å². The molecule has 0 aliphatic rings. The van der Waals surface area contributed by atoms with Crippen molar-refractivity contribution in [3.63, 3.8) is 0 Å². The number of nitrogen functional groups attached to an aromatic ring is 1. The van der Waals surface area contributed by atoms with Crippen LogP contribution in [0, 0.1) is 0 Å². The fourth-order valence-corrected chi connectivity index (χ4v) is 1.67. The van der Waals surface area contributed by atoms with Crippen molar-refractivity contribution in [2.45, 2.75) is 19.8 Å². The third kappa shape index (κ3) is 5.23. The van der Waals surface area contributed by atoms with Gasteiger partial charge in [-0.05, 0) is 45.6 Å². The molecule has 0 spiro atoms. The van der Waals surface area contributed by atoms with Gasteiger partial charge < -0.3 is 15.6 Å². The zero-order chi connectivity index (χ0) is 14.3. The van der Waals surface area contributed by atoms with Crippen LogP contribution in [-0.4, -0.2) is 43.0 Å². The quantitative estimate of drug-likeness (QED) is 0.382. The van der Waals surface area contributed by atoms with Crippen LogP contribution in [0.3, 0.4) is 0 Å². The first-order chi connectivity index (χ1) is 9.06. The summed E-state index contributed by atoms with van der Waals surface area (Å²) in [6.07, 6.45) is 1.68. The highest BCUT2D eigenvalue weighted by molar-refractivity contribution is 5.94. The lowest BCUT2D eigenvalue weighted by molar-refractivity contribution is 0.0952. The summed E-state index contributed by atoms with van der Waals surface area (Å²) in [5.41, 5.74) is 3.91. The molecule has 0 saturated carbocycles. The number of amides is 1. The van der Waals surface area contributed by atoms with Crippen LogP contribution in [0.2, 0.25) is 0 Å². The van der Waals surface area contributed by atoms with E-state index in [1.54, 1.807) is 12.1 Å². The maximum Gasteiger partial charge on any atom is 0.251 e. The molecule has 4 N–H and O–H groups in total. The van der Waals surface area contributed by atoms with Gasteiger partial charge in [0.25, 0.3) is 5.91 Å². The van der Waals surface area contributed by atoms with E-state index in [-0.39, 0.29) is 5.91 Å². The number of carbonyl (C=O) groups excluding carboxylic acids is 1. The number of nitrogens with two attached hydrogens (primary N) is 1. The van der Waals surface area contributed by atoms with Crippen molar-refractivity contribution in [3.8, 4) is 0 Å². The zero-order valence-electron chi connectivity index (χ0n) is 11.9. The number of hydrazine groups is 1. The molecule has 0 bridgehead atoms. The first-order valence-electron chi connectivity index (χ1n) is 6.47. The van der Waals surface area contributed by atoms with E-state index >= 15 is 0 Å². The summed E-state index contributed by atoms with van der Waals surface area (Å²) in [7, 11) is 4.02. The highest BCUT2D eigenvalue weighted by atomic mass is 16.1. The number of hydrogen-bond donors (Lipinski definition) is 3. The van der Waals surface area contributed by atoms with Gasteiger partial charge in [-0.3, -0.25) is 4.79 Å². The molecule has 1 aromatic heterocycles. The van der Waals surface area contributed by atoms with Crippen molar-refractivity contribution < 1.29 is 4.79 Å². The average molecular weight is 265 g/mol. The minimum absolute atomic E-state index is 0.0904. The molecule has 0 fully saturated rings.